The normalized spacial score (nSPS) is 12.5. The summed E-state index contributed by atoms with van der Waals surface area (Å²) in [5, 5.41) is 0. The summed E-state index contributed by atoms with van der Waals surface area (Å²) < 4.78 is 16.7. The van der Waals surface area contributed by atoms with Crippen molar-refractivity contribution in [1.82, 2.24) is 0 Å². The van der Waals surface area contributed by atoms with Crippen molar-refractivity contribution < 1.29 is 28.6 Å². The fourth-order valence-corrected chi connectivity index (χ4v) is 7.52. The summed E-state index contributed by atoms with van der Waals surface area (Å²) in [5.74, 6) is -0.975. The Morgan fingerprint density at radius 2 is 0.683 bits per heavy atom. The van der Waals surface area contributed by atoms with Crippen LogP contribution in [0, 0.1) is 0 Å². The van der Waals surface area contributed by atoms with Gasteiger partial charge in [-0.05, 0) is 70.6 Å². The molecular weight excluding hydrogens is 781 g/mol. The van der Waals surface area contributed by atoms with E-state index >= 15 is 0 Å². The number of hydrogen-bond acceptors (Lipinski definition) is 6. The van der Waals surface area contributed by atoms with Gasteiger partial charge in [0.25, 0.3) is 0 Å². The quantitative estimate of drug-likeness (QED) is 0.0199. The minimum Gasteiger partial charge on any atom is -0.462 e. The van der Waals surface area contributed by atoms with Gasteiger partial charge in [-0.15, -0.1) is 0 Å². The fourth-order valence-electron chi connectivity index (χ4n) is 7.52. The van der Waals surface area contributed by atoms with Crippen LogP contribution in [-0.4, -0.2) is 37.2 Å². The van der Waals surface area contributed by atoms with Crippen molar-refractivity contribution in [3.05, 3.63) is 60.8 Å². The second-order valence-electron chi connectivity index (χ2n) is 17.8. The first kappa shape index (κ1) is 60.1. The fraction of sp³-hybridized carbons (Fsp3) is 0.772. The summed E-state index contributed by atoms with van der Waals surface area (Å²) in [4.78, 5) is 37.9. The Hall–Kier alpha value is -2.89. The van der Waals surface area contributed by atoms with Gasteiger partial charge in [-0.25, -0.2) is 0 Å². The van der Waals surface area contributed by atoms with Crippen molar-refractivity contribution in [2.75, 3.05) is 13.2 Å². The van der Waals surface area contributed by atoms with Crippen LogP contribution in [0.3, 0.4) is 0 Å². The molecule has 0 N–H and O–H groups in total. The van der Waals surface area contributed by atoms with Gasteiger partial charge in [0.1, 0.15) is 13.2 Å². The number of carbonyl (C=O) groups excluding carboxylic acids is 3. The van der Waals surface area contributed by atoms with Crippen LogP contribution in [0.5, 0.6) is 0 Å². The van der Waals surface area contributed by atoms with E-state index in [9.17, 15) is 14.4 Å². The van der Waals surface area contributed by atoms with Gasteiger partial charge < -0.3 is 14.2 Å². The molecule has 0 spiro atoms. The molecule has 0 radical (unpaired) electrons. The minimum atomic E-state index is -0.805. The topological polar surface area (TPSA) is 78.9 Å². The molecule has 6 nitrogen and oxygen atoms in total. The Morgan fingerprint density at radius 1 is 0.349 bits per heavy atom. The first-order chi connectivity index (χ1) is 31.0. The molecule has 0 aliphatic heterocycles. The van der Waals surface area contributed by atoms with Crippen molar-refractivity contribution in [2.45, 2.75) is 271 Å². The Kier molecular flexibility index (Phi) is 49.4. The van der Waals surface area contributed by atoms with E-state index in [2.05, 4.69) is 81.5 Å². The van der Waals surface area contributed by atoms with Crippen LogP contribution in [0.25, 0.3) is 0 Å². The summed E-state index contributed by atoms with van der Waals surface area (Å²) >= 11 is 0. The lowest BCUT2D eigenvalue weighted by Gasteiger charge is -2.18. The van der Waals surface area contributed by atoms with E-state index in [1.807, 2.05) is 0 Å². The molecule has 0 rings (SSSR count). The number of unbranched alkanes of at least 4 members (excludes halogenated alkanes) is 28. The maximum atomic E-state index is 12.8. The lowest BCUT2D eigenvalue weighted by molar-refractivity contribution is -0.167. The summed E-state index contributed by atoms with van der Waals surface area (Å²) in [7, 11) is 0. The SMILES string of the molecule is CC/C=C\C/C=C\C/C=C\CCCC(=O)OCC(COC(=O)CCCCCCCCCCCCCCCCCCCC)OC(=O)CCCCC/C=C\C=C/CCCCCCCCC. The largest absolute Gasteiger partial charge is 0.462 e. The van der Waals surface area contributed by atoms with Crippen molar-refractivity contribution in [1.29, 1.82) is 0 Å². The zero-order valence-electron chi connectivity index (χ0n) is 41.6. The predicted octanol–water partition coefficient (Wildman–Crippen LogP) is 17.6. The van der Waals surface area contributed by atoms with Gasteiger partial charge in [0.15, 0.2) is 6.10 Å². The van der Waals surface area contributed by atoms with Crippen molar-refractivity contribution in [3.63, 3.8) is 0 Å². The molecular formula is C57H100O6. The predicted molar refractivity (Wildman–Crippen MR) is 270 cm³/mol. The molecule has 0 saturated carbocycles. The first-order valence-electron chi connectivity index (χ1n) is 26.8. The zero-order valence-corrected chi connectivity index (χ0v) is 41.6. The molecule has 0 amide bonds. The zero-order chi connectivity index (χ0) is 45.8. The van der Waals surface area contributed by atoms with Gasteiger partial charge in [0.2, 0.25) is 0 Å². The van der Waals surface area contributed by atoms with Crippen LogP contribution >= 0.6 is 0 Å². The highest BCUT2D eigenvalue weighted by Crippen LogP contribution is 2.16. The van der Waals surface area contributed by atoms with E-state index in [4.69, 9.17) is 14.2 Å². The summed E-state index contributed by atoms with van der Waals surface area (Å²) in [5.41, 5.74) is 0. The highest BCUT2D eigenvalue weighted by molar-refractivity contribution is 5.71. The van der Waals surface area contributed by atoms with Crippen molar-refractivity contribution >= 4 is 17.9 Å². The van der Waals surface area contributed by atoms with Gasteiger partial charge in [-0.1, -0.05) is 236 Å². The number of carbonyl (C=O) groups is 3. The highest BCUT2D eigenvalue weighted by atomic mass is 16.6. The van der Waals surface area contributed by atoms with Crippen molar-refractivity contribution in [2.24, 2.45) is 0 Å². The average Bonchev–Trinajstić information content (AvgIpc) is 3.28. The molecule has 0 bridgehead atoms. The van der Waals surface area contributed by atoms with E-state index < -0.39 is 6.10 Å². The molecule has 1 atom stereocenters. The lowest BCUT2D eigenvalue weighted by atomic mass is 10.0. The van der Waals surface area contributed by atoms with Crippen molar-refractivity contribution in [3.8, 4) is 0 Å². The molecule has 0 aromatic rings. The van der Waals surface area contributed by atoms with Crippen LogP contribution < -0.4 is 0 Å². The maximum Gasteiger partial charge on any atom is 0.306 e. The maximum absolute atomic E-state index is 12.8. The van der Waals surface area contributed by atoms with E-state index in [0.29, 0.717) is 12.8 Å². The number of allylic oxidation sites excluding steroid dienone is 10. The summed E-state index contributed by atoms with van der Waals surface area (Å²) in [6.07, 6.45) is 63.7. The Morgan fingerprint density at radius 3 is 1.13 bits per heavy atom. The molecule has 0 aromatic heterocycles. The van der Waals surface area contributed by atoms with Crippen LogP contribution in [0.2, 0.25) is 0 Å². The lowest BCUT2D eigenvalue weighted by Crippen LogP contribution is -2.30. The van der Waals surface area contributed by atoms with E-state index in [1.54, 1.807) is 0 Å². The number of ether oxygens (including phenoxy) is 3. The van der Waals surface area contributed by atoms with E-state index in [1.165, 1.54) is 141 Å². The van der Waals surface area contributed by atoms with Gasteiger partial charge in [0.05, 0.1) is 0 Å². The monoisotopic (exact) mass is 881 g/mol. The van der Waals surface area contributed by atoms with Gasteiger partial charge in [-0.2, -0.15) is 0 Å². The van der Waals surface area contributed by atoms with Gasteiger partial charge >= 0.3 is 17.9 Å². The summed E-state index contributed by atoms with van der Waals surface area (Å²) in [6, 6.07) is 0. The van der Waals surface area contributed by atoms with Crippen LogP contribution in [-0.2, 0) is 28.6 Å². The molecule has 0 saturated heterocycles. The van der Waals surface area contributed by atoms with Crippen LogP contribution in [0.4, 0.5) is 0 Å². The Balaban J connectivity index is 4.40. The molecule has 1 unspecified atom stereocenters. The Labute approximate surface area is 390 Å². The smallest absolute Gasteiger partial charge is 0.306 e. The number of rotatable bonds is 48. The van der Waals surface area contributed by atoms with Crippen LogP contribution in [0.15, 0.2) is 60.8 Å². The van der Waals surface area contributed by atoms with Crippen LogP contribution in [0.1, 0.15) is 265 Å². The number of esters is 3. The van der Waals surface area contributed by atoms with E-state index in [0.717, 1.165) is 77.0 Å². The molecule has 0 fully saturated rings. The average molecular weight is 881 g/mol. The minimum absolute atomic E-state index is 0.0985. The first-order valence-corrected chi connectivity index (χ1v) is 26.8. The molecule has 0 aliphatic carbocycles. The molecule has 364 valence electrons. The third kappa shape index (κ3) is 50.0. The van der Waals surface area contributed by atoms with Gasteiger partial charge in [-0.3, -0.25) is 14.4 Å². The van der Waals surface area contributed by atoms with Gasteiger partial charge in [0, 0.05) is 19.3 Å². The molecule has 0 heterocycles. The second kappa shape index (κ2) is 51.7. The second-order valence-corrected chi connectivity index (χ2v) is 17.8. The molecule has 63 heavy (non-hydrogen) atoms. The molecule has 0 aromatic carbocycles. The molecule has 6 heteroatoms. The summed E-state index contributed by atoms with van der Waals surface area (Å²) in [6.45, 7) is 6.46. The molecule has 0 aliphatic rings. The third-order valence-corrected chi connectivity index (χ3v) is 11.5. The Bertz CT molecular complexity index is 1150. The third-order valence-electron chi connectivity index (χ3n) is 11.5. The standard InChI is InChI=1S/C57H100O6/c1-4-7-10-13-16-19-22-24-26-28-29-31-32-35-38-41-44-47-50-56(59)62-53-54(52-61-55(58)49-46-43-40-37-34-21-18-15-12-9-6-3)63-57(60)51-48-45-42-39-36-33-30-27-25-23-20-17-14-11-8-5-2/h9,12,18,21,27,30,33,36-37,40,54H,4-8,10-11,13-17,19-20,22-26,28-29,31-32,34-35,38-39,41-53H2,1-3H3/b12-9-,21-18-,30-27-,36-33-,40-37-. The van der Waals surface area contributed by atoms with E-state index in [-0.39, 0.29) is 44.0 Å². The highest BCUT2D eigenvalue weighted by Gasteiger charge is 2.19. The number of hydrogen-bond donors (Lipinski definition) is 0.